The summed E-state index contributed by atoms with van der Waals surface area (Å²) in [5, 5.41) is 0. The van der Waals surface area contributed by atoms with E-state index in [-0.39, 0.29) is 5.56 Å². The standard InChI is InChI=1S/C10H9F5O3S/c1-6-2-3-7(19(16,17)18)4-8(6)9(11,12)5-10(13,14)15/h2-4H,5H2,1H3,(H,16,17,18). The Kier molecular flexibility index (Phi) is 3.93. The summed E-state index contributed by atoms with van der Waals surface area (Å²) in [7, 11) is -4.76. The number of alkyl halides is 5. The molecule has 19 heavy (non-hydrogen) atoms. The van der Waals surface area contributed by atoms with E-state index in [1.54, 1.807) is 0 Å². The lowest BCUT2D eigenvalue weighted by Crippen LogP contribution is -2.24. The number of benzene rings is 1. The highest BCUT2D eigenvalue weighted by Crippen LogP contribution is 2.41. The summed E-state index contributed by atoms with van der Waals surface area (Å²) in [5.41, 5.74) is -1.29. The van der Waals surface area contributed by atoms with E-state index in [0.29, 0.717) is 6.07 Å². The minimum absolute atomic E-state index is 0.207. The molecule has 0 spiro atoms. The molecule has 0 heterocycles. The summed E-state index contributed by atoms with van der Waals surface area (Å²) in [6, 6.07) is 2.08. The van der Waals surface area contributed by atoms with Gasteiger partial charge in [-0.25, -0.2) is 8.78 Å². The van der Waals surface area contributed by atoms with E-state index in [4.69, 9.17) is 4.55 Å². The molecule has 0 saturated carbocycles. The van der Waals surface area contributed by atoms with Crippen LogP contribution >= 0.6 is 0 Å². The summed E-state index contributed by atoms with van der Waals surface area (Å²) < 4.78 is 93.4. The van der Waals surface area contributed by atoms with Crippen molar-refractivity contribution in [1.29, 1.82) is 0 Å². The van der Waals surface area contributed by atoms with Gasteiger partial charge in [0.25, 0.3) is 16.0 Å². The fraction of sp³-hybridized carbons (Fsp3) is 0.400. The van der Waals surface area contributed by atoms with Gasteiger partial charge in [0.05, 0.1) is 4.90 Å². The largest absolute Gasteiger partial charge is 0.395 e. The van der Waals surface area contributed by atoms with Crippen molar-refractivity contribution in [1.82, 2.24) is 0 Å². The van der Waals surface area contributed by atoms with Gasteiger partial charge < -0.3 is 0 Å². The van der Waals surface area contributed by atoms with Gasteiger partial charge in [-0.15, -0.1) is 0 Å². The van der Waals surface area contributed by atoms with Crippen molar-refractivity contribution in [3.8, 4) is 0 Å². The third kappa shape index (κ3) is 4.13. The van der Waals surface area contributed by atoms with Crippen LogP contribution in [0.5, 0.6) is 0 Å². The zero-order valence-corrected chi connectivity index (χ0v) is 10.3. The van der Waals surface area contributed by atoms with Crippen molar-refractivity contribution in [2.45, 2.75) is 30.3 Å². The highest BCUT2D eigenvalue weighted by molar-refractivity contribution is 7.85. The number of halogens is 5. The Bertz CT molecular complexity index is 577. The third-order valence-electron chi connectivity index (χ3n) is 2.32. The molecule has 0 radical (unpaired) electrons. The predicted molar refractivity (Wildman–Crippen MR) is 55.6 cm³/mol. The summed E-state index contributed by atoms with van der Waals surface area (Å²) in [6.45, 7) is 1.12. The van der Waals surface area contributed by atoms with Gasteiger partial charge in [0.2, 0.25) is 0 Å². The smallest absolute Gasteiger partial charge is 0.282 e. The molecule has 0 unspecified atom stereocenters. The maximum absolute atomic E-state index is 13.5. The summed E-state index contributed by atoms with van der Waals surface area (Å²) in [4.78, 5) is -0.880. The molecular formula is C10H9F5O3S. The maximum atomic E-state index is 13.5. The van der Waals surface area contributed by atoms with Crippen LogP contribution in [0.1, 0.15) is 17.5 Å². The van der Waals surface area contributed by atoms with Crippen LogP contribution in [0.25, 0.3) is 0 Å². The Morgan fingerprint density at radius 1 is 1.16 bits per heavy atom. The Hall–Kier alpha value is -1.22. The molecule has 0 atom stereocenters. The quantitative estimate of drug-likeness (QED) is 0.688. The molecular weight excluding hydrogens is 295 g/mol. The third-order valence-corrected chi connectivity index (χ3v) is 3.17. The van der Waals surface area contributed by atoms with E-state index in [2.05, 4.69) is 0 Å². The minimum atomic E-state index is -5.11. The molecule has 0 saturated heterocycles. The lowest BCUT2D eigenvalue weighted by molar-refractivity contribution is -0.191. The van der Waals surface area contributed by atoms with Gasteiger partial charge in [-0.3, -0.25) is 4.55 Å². The Labute approximate surface area is 105 Å². The van der Waals surface area contributed by atoms with Gasteiger partial charge in [0.1, 0.15) is 6.42 Å². The van der Waals surface area contributed by atoms with Crippen LogP contribution in [-0.2, 0) is 16.0 Å². The van der Waals surface area contributed by atoms with Crippen LogP contribution in [0.2, 0.25) is 0 Å². The van der Waals surface area contributed by atoms with Crippen molar-refractivity contribution in [2.75, 3.05) is 0 Å². The second-order valence-electron chi connectivity index (χ2n) is 3.95. The van der Waals surface area contributed by atoms with E-state index in [0.717, 1.165) is 19.1 Å². The average Bonchev–Trinajstić information content (AvgIpc) is 2.11. The average molecular weight is 304 g/mol. The zero-order chi connectivity index (χ0) is 15.1. The first-order valence-corrected chi connectivity index (χ1v) is 6.30. The van der Waals surface area contributed by atoms with E-state index >= 15 is 0 Å². The monoisotopic (exact) mass is 304 g/mol. The normalized spacial score (nSPS) is 13.6. The van der Waals surface area contributed by atoms with Gasteiger partial charge in [-0.05, 0) is 24.6 Å². The van der Waals surface area contributed by atoms with Crippen LogP contribution in [0.15, 0.2) is 23.1 Å². The molecule has 0 aliphatic rings. The molecule has 9 heteroatoms. The van der Waals surface area contributed by atoms with Crippen LogP contribution in [-0.4, -0.2) is 19.1 Å². The fourth-order valence-electron chi connectivity index (χ4n) is 1.50. The highest BCUT2D eigenvalue weighted by atomic mass is 32.2. The zero-order valence-electron chi connectivity index (χ0n) is 9.50. The van der Waals surface area contributed by atoms with E-state index < -0.39 is 39.1 Å². The first-order valence-electron chi connectivity index (χ1n) is 4.86. The number of aryl methyl sites for hydroxylation is 1. The first-order chi connectivity index (χ1) is 8.33. The molecule has 1 aromatic carbocycles. The first kappa shape index (κ1) is 15.8. The molecule has 0 bridgehead atoms. The van der Waals surface area contributed by atoms with Crippen molar-refractivity contribution in [3.05, 3.63) is 29.3 Å². The van der Waals surface area contributed by atoms with Gasteiger partial charge in [-0.2, -0.15) is 21.6 Å². The molecule has 0 amide bonds. The van der Waals surface area contributed by atoms with Crippen LogP contribution in [0.3, 0.4) is 0 Å². The second kappa shape index (κ2) is 4.71. The summed E-state index contributed by atoms with van der Waals surface area (Å²) in [5.74, 6) is -4.27. The Morgan fingerprint density at radius 3 is 2.11 bits per heavy atom. The van der Waals surface area contributed by atoms with Crippen LogP contribution in [0.4, 0.5) is 22.0 Å². The molecule has 0 aliphatic heterocycles. The Balaban J connectivity index is 3.34. The number of hydrogen-bond acceptors (Lipinski definition) is 2. The second-order valence-corrected chi connectivity index (χ2v) is 5.37. The van der Waals surface area contributed by atoms with Crippen molar-refractivity contribution in [3.63, 3.8) is 0 Å². The highest BCUT2D eigenvalue weighted by Gasteiger charge is 2.45. The van der Waals surface area contributed by atoms with Crippen LogP contribution in [0, 0.1) is 6.92 Å². The maximum Gasteiger partial charge on any atom is 0.395 e. The number of rotatable bonds is 3. The summed E-state index contributed by atoms with van der Waals surface area (Å²) in [6.07, 6.45) is -7.51. The van der Waals surface area contributed by atoms with E-state index in [9.17, 15) is 30.4 Å². The molecule has 0 aromatic heterocycles. The topological polar surface area (TPSA) is 54.4 Å². The van der Waals surface area contributed by atoms with Gasteiger partial charge in [0.15, 0.2) is 0 Å². The van der Waals surface area contributed by atoms with Crippen molar-refractivity contribution in [2.24, 2.45) is 0 Å². The summed E-state index contributed by atoms with van der Waals surface area (Å²) >= 11 is 0. The van der Waals surface area contributed by atoms with Gasteiger partial charge in [0, 0.05) is 5.56 Å². The molecule has 0 aliphatic carbocycles. The molecule has 1 N–H and O–H groups in total. The van der Waals surface area contributed by atoms with E-state index in [1.807, 2.05) is 0 Å². The molecule has 108 valence electrons. The lowest BCUT2D eigenvalue weighted by Gasteiger charge is -2.20. The number of hydrogen-bond donors (Lipinski definition) is 1. The van der Waals surface area contributed by atoms with Crippen molar-refractivity contribution >= 4 is 10.1 Å². The predicted octanol–water partition coefficient (Wildman–Crippen LogP) is 3.29. The van der Waals surface area contributed by atoms with E-state index in [1.165, 1.54) is 0 Å². The molecule has 1 aromatic rings. The lowest BCUT2D eigenvalue weighted by atomic mass is 10.00. The van der Waals surface area contributed by atoms with Crippen molar-refractivity contribution < 1.29 is 34.9 Å². The SMILES string of the molecule is Cc1ccc(S(=O)(=O)O)cc1C(F)(F)CC(F)(F)F. The Morgan fingerprint density at radius 2 is 1.68 bits per heavy atom. The van der Waals surface area contributed by atoms with Crippen LogP contribution < -0.4 is 0 Å². The van der Waals surface area contributed by atoms with Gasteiger partial charge >= 0.3 is 6.18 Å². The van der Waals surface area contributed by atoms with Gasteiger partial charge in [-0.1, -0.05) is 6.07 Å². The molecule has 0 fully saturated rings. The molecule has 1 rings (SSSR count). The molecule has 3 nitrogen and oxygen atoms in total. The minimum Gasteiger partial charge on any atom is -0.282 e. The fourth-order valence-corrected chi connectivity index (χ4v) is 2.01.